The maximum Gasteiger partial charge on any atom is 0.231 e. The van der Waals surface area contributed by atoms with Crippen molar-refractivity contribution in [2.24, 2.45) is 0 Å². The lowest BCUT2D eigenvalue weighted by molar-refractivity contribution is 0.174. The van der Waals surface area contributed by atoms with E-state index in [4.69, 9.17) is 25.8 Å². The maximum absolute atomic E-state index is 13.8. The third kappa shape index (κ3) is 4.33. The molecule has 0 amide bonds. The zero-order valence-electron chi connectivity index (χ0n) is 15.3. The number of fused-ring (bicyclic) bond motifs is 1. The monoisotopic (exact) mass is 433 g/mol. The van der Waals surface area contributed by atoms with Gasteiger partial charge in [0.1, 0.15) is 6.61 Å². The number of hydrogen-bond acceptors (Lipinski definition) is 6. The molecule has 2 aromatic carbocycles. The van der Waals surface area contributed by atoms with Crippen LogP contribution in [0, 0.1) is 5.82 Å². The molecule has 0 bridgehead atoms. The molecule has 150 valence electrons. The molecular weight excluding hydrogens is 417 g/mol. The Morgan fingerprint density at radius 1 is 1.28 bits per heavy atom. The number of halogens is 2. The highest BCUT2D eigenvalue weighted by atomic mass is 35.5. The molecule has 1 aromatic heterocycles. The van der Waals surface area contributed by atoms with Crippen LogP contribution in [0.15, 0.2) is 54.2 Å². The number of thioether (sulfide) groups is 1. The summed E-state index contributed by atoms with van der Waals surface area (Å²) in [4.78, 5) is 0. The molecule has 0 saturated carbocycles. The van der Waals surface area contributed by atoms with Gasteiger partial charge in [-0.1, -0.05) is 41.6 Å². The number of rotatable bonds is 8. The zero-order chi connectivity index (χ0) is 20.2. The van der Waals surface area contributed by atoms with Gasteiger partial charge in [0.2, 0.25) is 6.79 Å². The van der Waals surface area contributed by atoms with Crippen molar-refractivity contribution in [2.75, 3.05) is 6.79 Å². The van der Waals surface area contributed by atoms with Gasteiger partial charge in [-0.2, -0.15) is 0 Å². The summed E-state index contributed by atoms with van der Waals surface area (Å²) < 4.78 is 32.0. The van der Waals surface area contributed by atoms with Crippen LogP contribution in [-0.2, 0) is 18.9 Å². The Bertz CT molecular complexity index is 1040. The van der Waals surface area contributed by atoms with Crippen LogP contribution < -0.4 is 14.2 Å². The molecule has 0 atom stereocenters. The van der Waals surface area contributed by atoms with Crippen molar-refractivity contribution in [1.29, 1.82) is 0 Å². The predicted octanol–water partition coefficient (Wildman–Crippen LogP) is 4.86. The van der Waals surface area contributed by atoms with Gasteiger partial charge in [-0.15, -0.1) is 16.8 Å². The van der Waals surface area contributed by atoms with Crippen molar-refractivity contribution in [3.63, 3.8) is 0 Å². The van der Waals surface area contributed by atoms with Crippen molar-refractivity contribution in [1.82, 2.24) is 14.8 Å². The van der Waals surface area contributed by atoms with Crippen LogP contribution in [-0.4, -0.2) is 21.6 Å². The summed E-state index contributed by atoms with van der Waals surface area (Å²) in [5, 5.41) is 9.65. The maximum atomic E-state index is 13.8. The topological polar surface area (TPSA) is 58.4 Å². The summed E-state index contributed by atoms with van der Waals surface area (Å²) in [7, 11) is 0. The normalized spacial score (nSPS) is 12.2. The number of hydrogen-bond donors (Lipinski definition) is 0. The van der Waals surface area contributed by atoms with E-state index in [2.05, 4.69) is 16.8 Å². The average molecular weight is 434 g/mol. The highest BCUT2D eigenvalue weighted by Crippen LogP contribution is 2.40. The summed E-state index contributed by atoms with van der Waals surface area (Å²) in [6.45, 7) is 4.56. The van der Waals surface area contributed by atoms with E-state index in [1.54, 1.807) is 24.3 Å². The summed E-state index contributed by atoms with van der Waals surface area (Å²) in [5.41, 5.74) is 0.974. The zero-order valence-corrected chi connectivity index (χ0v) is 16.9. The van der Waals surface area contributed by atoms with Crippen LogP contribution >= 0.6 is 23.4 Å². The van der Waals surface area contributed by atoms with Gasteiger partial charge in [-0.25, -0.2) is 4.39 Å². The van der Waals surface area contributed by atoms with Crippen LogP contribution in [0.5, 0.6) is 17.2 Å². The fourth-order valence-electron chi connectivity index (χ4n) is 2.80. The van der Waals surface area contributed by atoms with Crippen LogP contribution in [0.4, 0.5) is 4.39 Å². The molecule has 9 heteroatoms. The van der Waals surface area contributed by atoms with Gasteiger partial charge in [0.25, 0.3) is 0 Å². The van der Waals surface area contributed by atoms with Crippen LogP contribution in [0.25, 0.3) is 0 Å². The smallest absolute Gasteiger partial charge is 0.231 e. The van der Waals surface area contributed by atoms with E-state index in [1.807, 2.05) is 16.7 Å². The highest BCUT2D eigenvalue weighted by Gasteiger charge is 2.19. The Labute approximate surface area is 176 Å². The number of benzene rings is 2. The van der Waals surface area contributed by atoms with E-state index in [9.17, 15) is 4.39 Å². The second-order valence-corrected chi connectivity index (χ2v) is 7.47. The molecule has 4 rings (SSSR count). The van der Waals surface area contributed by atoms with E-state index < -0.39 is 5.82 Å². The number of ether oxygens (including phenoxy) is 3. The van der Waals surface area contributed by atoms with E-state index in [0.717, 1.165) is 5.56 Å². The van der Waals surface area contributed by atoms with Gasteiger partial charge in [-0.3, -0.25) is 4.57 Å². The predicted molar refractivity (Wildman–Crippen MR) is 108 cm³/mol. The van der Waals surface area contributed by atoms with Crippen molar-refractivity contribution in [3.8, 4) is 17.2 Å². The van der Waals surface area contributed by atoms with Gasteiger partial charge >= 0.3 is 0 Å². The molecule has 0 aliphatic carbocycles. The first-order valence-corrected chi connectivity index (χ1v) is 10.1. The molecule has 1 aliphatic heterocycles. The Morgan fingerprint density at radius 3 is 2.97 bits per heavy atom. The number of allylic oxidation sites excluding steroid dienone is 1. The van der Waals surface area contributed by atoms with E-state index in [1.165, 1.54) is 17.8 Å². The lowest BCUT2D eigenvalue weighted by Crippen LogP contribution is -2.08. The molecule has 0 spiro atoms. The molecular formula is C20H17ClFN3O3S. The summed E-state index contributed by atoms with van der Waals surface area (Å²) in [6.07, 6.45) is 1.75. The third-order valence-electron chi connectivity index (χ3n) is 4.15. The molecule has 0 N–H and O–H groups in total. The standard InChI is InChI=1S/C20H17ClFN3O3S/c1-2-7-25-18(10-26-16-6-4-3-5-15(16)22)23-24-20(25)29-11-13-8-14(21)19-17(9-13)27-12-28-19/h2-6,8-9H,1,7,10-12H2. The van der Waals surface area contributed by atoms with Gasteiger partial charge in [0.15, 0.2) is 34.0 Å². The Kier molecular flexibility index (Phi) is 5.92. The lowest BCUT2D eigenvalue weighted by atomic mass is 10.2. The molecule has 0 unspecified atom stereocenters. The molecule has 6 nitrogen and oxygen atoms in total. The third-order valence-corrected chi connectivity index (χ3v) is 5.47. The molecule has 0 radical (unpaired) electrons. The molecule has 29 heavy (non-hydrogen) atoms. The van der Waals surface area contributed by atoms with E-state index in [0.29, 0.717) is 39.8 Å². The molecule has 0 fully saturated rings. The minimum absolute atomic E-state index is 0.0954. The van der Waals surface area contributed by atoms with E-state index >= 15 is 0 Å². The average Bonchev–Trinajstić information content (AvgIpc) is 3.34. The number of nitrogens with zero attached hydrogens (tertiary/aromatic N) is 3. The molecule has 0 saturated heterocycles. The lowest BCUT2D eigenvalue weighted by Gasteiger charge is -2.10. The van der Waals surface area contributed by atoms with Crippen LogP contribution in [0.2, 0.25) is 5.02 Å². The minimum Gasteiger partial charge on any atom is -0.483 e. The quantitative estimate of drug-likeness (QED) is 0.373. The minimum atomic E-state index is -0.420. The Balaban J connectivity index is 1.47. The van der Waals surface area contributed by atoms with Gasteiger partial charge in [0, 0.05) is 12.3 Å². The first-order valence-electron chi connectivity index (χ1n) is 8.77. The summed E-state index contributed by atoms with van der Waals surface area (Å²) in [5.74, 6) is 2.16. The Morgan fingerprint density at radius 2 is 2.14 bits per heavy atom. The SMILES string of the molecule is C=CCn1c(COc2ccccc2F)nnc1SCc1cc(Cl)c2c(c1)OCO2. The van der Waals surface area contributed by atoms with Gasteiger partial charge in [-0.05, 0) is 29.8 Å². The summed E-state index contributed by atoms with van der Waals surface area (Å²) in [6, 6.07) is 9.99. The van der Waals surface area contributed by atoms with Crippen molar-refractivity contribution >= 4 is 23.4 Å². The van der Waals surface area contributed by atoms with E-state index in [-0.39, 0.29) is 19.1 Å². The largest absolute Gasteiger partial charge is 0.483 e. The van der Waals surface area contributed by atoms with Gasteiger partial charge in [0.05, 0.1) is 5.02 Å². The van der Waals surface area contributed by atoms with Crippen LogP contribution in [0.1, 0.15) is 11.4 Å². The first kappa shape index (κ1) is 19.6. The summed E-state index contributed by atoms with van der Waals surface area (Å²) >= 11 is 7.74. The van der Waals surface area contributed by atoms with Crippen LogP contribution in [0.3, 0.4) is 0 Å². The first-order chi connectivity index (χ1) is 14.2. The van der Waals surface area contributed by atoms with Crippen molar-refractivity contribution in [2.45, 2.75) is 24.1 Å². The molecule has 3 aromatic rings. The fourth-order valence-corrected chi connectivity index (χ4v) is 3.99. The molecule has 1 aliphatic rings. The highest BCUT2D eigenvalue weighted by molar-refractivity contribution is 7.98. The fraction of sp³-hybridized carbons (Fsp3) is 0.200. The number of aromatic nitrogens is 3. The number of para-hydroxylation sites is 1. The van der Waals surface area contributed by atoms with Gasteiger partial charge < -0.3 is 14.2 Å². The second-order valence-electron chi connectivity index (χ2n) is 6.12. The van der Waals surface area contributed by atoms with Crippen molar-refractivity contribution < 1.29 is 18.6 Å². The second kappa shape index (κ2) is 8.75. The Hall–Kier alpha value is -2.71. The van der Waals surface area contributed by atoms with Crippen molar-refractivity contribution in [3.05, 3.63) is 71.3 Å². The molecule has 2 heterocycles.